The molecule has 2 aromatic rings. The lowest BCUT2D eigenvalue weighted by molar-refractivity contribution is 1.09. The van der Waals surface area contributed by atoms with Gasteiger partial charge in [0, 0.05) is 17.5 Å². The lowest BCUT2D eigenvalue weighted by atomic mass is 10.1. The summed E-state index contributed by atoms with van der Waals surface area (Å²) in [5, 5.41) is 6.78. The number of aromatic amines is 1. The normalized spacial score (nSPS) is 10.4. The molecule has 0 radical (unpaired) electrons. The van der Waals surface area contributed by atoms with Crippen LogP contribution in [0.25, 0.3) is 11.3 Å². The molecule has 3 N–H and O–H groups in total. The Balaban J connectivity index is 2.64. The fraction of sp³-hybridized carbons (Fsp3) is 0.200. The summed E-state index contributed by atoms with van der Waals surface area (Å²) in [5.74, 6) is 0.548. The van der Waals surface area contributed by atoms with E-state index in [-0.39, 0.29) is 0 Å². The van der Waals surface area contributed by atoms with E-state index in [0.29, 0.717) is 5.82 Å². The maximum absolute atomic E-state index is 5.85. The molecule has 0 aliphatic heterocycles. The molecule has 0 aromatic carbocycles. The first-order valence-electron chi connectivity index (χ1n) is 4.42. The van der Waals surface area contributed by atoms with E-state index in [1.54, 1.807) is 6.20 Å². The van der Waals surface area contributed by atoms with Gasteiger partial charge in [-0.25, -0.2) is 4.98 Å². The van der Waals surface area contributed by atoms with E-state index in [0.717, 1.165) is 22.5 Å². The summed E-state index contributed by atoms with van der Waals surface area (Å²) in [4.78, 5) is 4.22. The molecule has 0 saturated heterocycles. The van der Waals surface area contributed by atoms with Gasteiger partial charge in [0.25, 0.3) is 0 Å². The van der Waals surface area contributed by atoms with Crippen LogP contribution in [0, 0.1) is 13.8 Å². The fourth-order valence-corrected chi connectivity index (χ4v) is 1.61. The second-order valence-corrected chi connectivity index (χ2v) is 3.31. The van der Waals surface area contributed by atoms with Crippen LogP contribution in [0.3, 0.4) is 0 Å². The molecule has 0 saturated carbocycles. The number of rotatable bonds is 1. The summed E-state index contributed by atoms with van der Waals surface area (Å²) >= 11 is 0. The van der Waals surface area contributed by atoms with Crippen molar-refractivity contribution in [3.8, 4) is 11.3 Å². The summed E-state index contributed by atoms with van der Waals surface area (Å²) in [7, 11) is 0. The molecule has 0 aliphatic rings. The highest BCUT2D eigenvalue weighted by Crippen LogP contribution is 2.26. The molecular formula is C10H12N4. The molecule has 2 rings (SSSR count). The minimum Gasteiger partial charge on any atom is -0.383 e. The van der Waals surface area contributed by atoms with Crippen molar-refractivity contribution in [3.63, 3.8) is 0 Å². The van der Waals surface area contributed by atoms with Crippen molar-refractivity contribution >= 4 is 5.82 Å². The smallest absolute Gasteiger partial charge is 0.133 e. The van der Waals surface area contributed by atoms with Gasteiger partial charge < -0.3 is 5.73 Å². The molecule has 0 amide bonds. The van der Waals surface area contributed by atoms with Crippen molar-refractivity contribution in [1.82, 2.24) is 15.2 Å². The molecular weight excluding hydrogens is 176 g/mol. The molecule has 4 heteroatoms. The Morgan fingerprint density at radius 1 is 1.36 bits per heavy atom. The van der Waals surface area contributed by atoms with Gasteiger partial charge in [0.15, 0.2) is 0 Å². The first-order valence-corrected chi connectivity index (χ1v) is 4.42. The topological polar surface area (TPSA) is 67.6 Å². The minimum absolute atomic E-state index is 0.548. The summed E-state index contributed by atoms with van der Waals surface area (Å²) in [5.41, 5.74) is 9.75. The maximum atomic E-state index is 5.85. The fourth-order valence-electron chi connectivity index (χ4n) is 1.61. The van der Waals surface area contributed by atoms with E-state index in [4.69, 9.17) is 5.73 Å². The Hall–Kier alpha value is -1.84. The number of nitrogens with zero attached hydrogens (tertiary/aromatic N) is 2. The molecule has 14 heavy (non-hydrogen) atoms. The summed E-state index contributed by atoms with van der Waals surface area (Å²) < 4.78 is 0. The number of aromatic nitrogens is 3. The van der Waals surface area contributed by atoms with Gasteiger partial charge in [0.1, 0.15) is 5.82 Å². The van der Waals surface area contributed by atoms with Crippen molar-refractivity contribution in [3.05, 3.63) is 29.6 Å². The Bertz CT molecular complexity index is 422. The third kappa shape index (κ3) is 1.35. The van der Waals surface area contributed by atoms with Gasteiger partial charge in [-0.15, -0.1) is 0 Å². The van der Waals surface area contributed by atoms with Gasteiger partial charge in [-0.1, -0.05) is 0 Å². The van der Waals surface area contributed by atoms with Gasteiger partial charge in [0.05, 0.1) is 5.69 Å². The molecule has 2 heterocycles. The van der Waals surface area contributed by atoms with Crippen molar-refractivity contribution < 1.29 is 0 Å². The first kappa shape index (κ1) is 8.74. The van der Waals surface area contributed by atoms with E-state index in [2.05, 4.69) is 15.2 Å². The highest BCUT2D eigenvalue weighted by Gasteiger charge is 2.08. The number of aryl methyl sites for hydroxylation is 2. The van der Waals surface area contributed by atoms with E-state index in [9.17, 15) is 0 Å². The zero-order valence-corrected chi connectivity index (χ0v) is 8.20. The quantitative estimate of drug-likeness (QED) is 0.715. The van der Waals surface area contributed by atoms with Crippen LogP contribution in [0.15, 0.2) is 18.3 Å². The van der Waals surface area contributed by atoms with E-state index >= 15 is 0 Å². The lowest BCUT2D eigenvalue weighted by Gasteiger charge is -2.07. The predicted octanol–water partition coefficient (Wildman–Crippen LogP) is 1.67. The highest BCUT2D eigenvalue weighted by molar-refractivity contribution is 5.74. The minimum atomic E-state index is 0.548. The van der Waals surface area contributed by atoms with Gasteiger partial charge in [-0.2, -0.15) is 5.10 Å². The Kier molecular flexibility index (Phi) is 1.96. The predicted molar refractivity (Wildman–Crippen MR) is 55.7 cm³/mol. The molecule has 4 nitrogen and oxygen atoms in total. The third-order valence-corrected chi connectivity index (χ3v) is 2.14. The van der Waals surface area contributed by atoms with Crippen LogP contribution < -0.4 is 5.73 Å². The number of anilines is 1. The number of hydrogen-bond donors (Lipinski definition) is 2. The van der Waals surface area contributed by atoms with Crippen molar-refractivity contribution in [2.75, 3.05) is 5.73 Å². The highest BCUT2D eigenvalue weighted by atomic mass is 15.1. The standard InChI is InChI=1S/C10H12N4/c1-6-5-7(2)13-10(11)9(6)8-3-4-12-14-8/h3-5H,1-2H3,(H2,11,13)(H,12,14). The zero-order chi connectivity index (χ0) is 10.1. The largest absolute Gasteiger partial charge is 0.383 e. The first-order chi connectivity index (χ1) is 6.68. The second kappa shape index (κ2) is 3.14. The SMILES string of the molecule is Cc1cc(C)c(-c2ccn[nH]2)c(N)n1. The van der Waals surface area contributed by atoms with Gasteiger partial charge in [-0.05, 0) is 31.5 Å². The van der Waals surface area contributed by atoms with Crippen LogP contribution in [0.4, 0.5) is 5.82 Å². The van der Waals surface area contributed by atoms with Crippen LogP contribution >= 0.6 is 0 Å². The third-order valence-electron chi connectivity index (χ3n) is 2.14. The lowest BCUT2D eigenvalue weighted by Crippen LogP contribution is -1.98. The summed E-state index contributed by atoms with van der Waals surface area (Å²) in [6.07, 6.45) is 1.70. The molecule has 0 fully saturated rings. The number of hydrogen-bond acceptors (Lipinski definition) is 3. The summed E-state index contributed by atoms with van der Waals surface area (Å²) in [6, 6.07) is 3.89. The van der Waals surface area contributed by atoms with Crippen LogP contribution in [0.2, 0.25) is 0 Å². The molecule has 0 atom stereocenters. The molecule has 72 valence electrons. The van der Waals surface area contributed by atoms with Crippen LogP contribution in [-0.2, 0) is 0 Å². The number of H-pyrrole nitrogens is 1. The molecule has 0 unspecified atom stereocenters. The van der Waals surface area contributed by atoms with E-state index in [1.165, 1.54) is 0 Å². The van der Waals surface area contributed by atoms with Gasteiger partial charge in [0.2, 0.25) is 0 Å². The van der Waals surface area contributed by atoms with Crippen LogP contribution in [-0.4, -0.2) is 15.2 Å². The van der Waals surface area contributed by atoms with Gasteiger partial charge in [-0.3, -0.25) is 5.10 Å². The number of nitrogens with one attached hydrogen (secondary N) is 1. The van der Waals surface area contributed by atoms with Crippen molar-refractivity contribution in [1.29, 1.82) is 0 Å². The Morgan fingerprint density at radius 3 is 2.71 bits per heavy atom. The average molecular weight is 188 g/mol. The van der Waals surface area contributed by atoms with Crippen LogP contribution in [0.5, 0.6) is 0 Å². The molecule has 0 aliphatic carbocycles. The summed E-state index contributed by atoms with van der Waals surface area (Å²) in [6.45, 7) is 3.95. The average Bonchev–Trinajstić information content (AvgIpc) is 2.54. The van der Waals surface area contributed by atoms with Crippen molar-refractivity contribution in [2.24, 2.45) is 0 Å². The zero-order valence-electron chi connectivity index (χ0n) is 8.20. The Labute approximate surface area is 82.2 Å². The maximum Gasteiger partial charge on any atom is 0.133 e. The van der Waals surface area contributed by atoms with Gasteiger partial charge >= 0.3 is 0 Å². The monoisotopic (exact) mass is 188 g/mol. The number of nitrogens with two attached hydrogens (primary N) is 1. The molecule has 0 bridgehead atoms. The number of nitrogen functional groups attached to an aromatic ring is 1. The molecule has 2 aromatic heterocycles. The molecule has 0 spiro atoms. The number of pyridine rings is 1. The van der Waals surface area contributed by atoms with E-state index in [1.807, 2.05) is 26.0 Å². The second-order valence-electron chi connectivity index (χ2n) is 3.31. The Morgan fingerprint density at radius 2 is 2.14 bits per heavy atom. The van der Waals surface area contributed by atoms with Crippen molar-refractivity contribution in [2.45, 2.75) is 13.8 Å². The van der Waals surface area contributed by atoms with E-state index < -0.39 is 0 Å². The van der Waals surface area contributed by atoms with Crippen LogP contribution in [0.1, 0.15) is 11.3 Å².